The molecule has 0 aliphatic heterocycles. The summed E-state index contributed by atoms with van der Waals surface area (Å²) in [4.78, 5) is 25.9. The molecule has 4 bridgehead atoms. The fourth-order valence-electron chi connectivity index (χ4n) is 6.76. The molecule has 0 radical (unpaired) electrons. The van der Waals surface area contributed by atoms with Crippen molar-refractivity contribution in [3.05, 3.63) is 42.0 Å². The van der Waals surface area contributed by atoms with Crippen LogP contribution in [0.1, 0.15) is 48.9 Å². The van der Waals surface area contributed by atoms with Crippen molar-refractivity contribution in [2.24, 2.45) is 23.2 Å². The highest BCUT2D eigenvalue weighted by Crippen LogP contribution is 2.61. The fourth-order valence-corrected chi connectivity index (χ4v) is 6.76. The van der Waals surface area contributed by atoms with Crippen molar-refractivity contribution in [2.75, 3.05) is 7.11 Å². The van der Waals surface area contributed by atoms with Gasteiger partial charge in [0.05, 0.1) is 12.7 Å². The monoisotopic (exact) mass is 393 g/mol. The van der Waals surface area contributed by atoms with Gasteiger partial charge in [-0.2, -0.15) is 0 Å². The Kier molecular flexibility index (Phi) is 4.30. The molecule has 1 atom stereocenters. The largest absolute Gasteiger partial charge is 0.506 e. The van der Waals surface area contributed by atoms with Crippen molar-refractivity contribution in [3.8, 4) is 5.75 Å². The molecule has 0 heterocycles. The van der Waals surface area contributed by atoms with Crippen LogP contribution in [0.5, 0.6) is 5.75 Å². The molecule has 4 fully saturated rings. The van der Waals surface area contributed by atoms with Crippen LogP contribution in [0.4, 0.5) is 0 Å². The number of esters is 1. The van der Waals surface area contributed by atoms with E-state index in [1.807, 2.05) is 24.3 Å². The zero-order chi connectivity index (χ0) is 20.2. The number of carbonyl (C=O) groups excluding carboxylic acids is 2. The number of hydrogen-bond acceptors (Lipinski definition) is 4. The fraction of sp³-hybridized carbons (Fsp3) is 0.500. The van der Waals surface area contributed by atoms with Crippen molar-refractivity contribution < 1.29 is 19.4 Å². The molecule has 5 heteroatoms. The summed E-state index contributed by atoms with van der Waals surface area (Å²) >= 11 is 0. The van der Waals surface area contributed by atoms with Crippen molar-refractivity contribution in [1.29, 1.82) is 0 Å². The second kappa shape index (κ2) is 6.75. The van der Waals surface area contributed by atoms with E-state index in [4.69, 9.17) is 4.74 Å². The third kappa shape index (κ3) is 2.98. The lowest BCUT2D eigenvalue weighted by Gasteiger charge is -2.58. The number of methoxy groups -OCH3 is 1. The molecule has 1 amide bonds. The number of amides is 1. The minimum atomic E-state index is -0.667. The molecule has 2 aromatic carbocycles. The van der Waals surface area contributed by atoms with Gasteiger partial charge < -0.3 is 15.2 Å². The molecule has 0 aromatic heterocycles. The van der Waals surface area contributed by atoms with E-state index in [0.717, 1.165) is 24.6 Å². The van der Waals surface area contributed by atoms with Crippen molar-refractivity contribution >= 4 is 22.6 Å². The van der Waals surface area contributed by atoms with Crippen LogP contribution in [0, 0.1) is 23.2 Å². The van der Waals surface area contributed by atoms with Gasteiger partial charge in [-0.15, -0.1) is 0 Å². The first-order chi connectivity index (χ1) is 14.0. The smallest absolute Gasteiger partial charge is 0.328 e. The maximum atomic E-state index is 13.2. The van der Waals surface area contributed by atoms with Crippen LogP contribution < -0.4 is 5.32 Å². The van der Waals surface area contributed by atoms with Gasteiger partial charge in [0.1, 0.15) is 11.8 Å². The van der Waals surface area contributed by atoms with Gasteiger partial charge >= 0.3 is 5.97 Å². The van der Waals surface area contributed by atoms with Gasteiger partial charge in [0, 0.05) is 10.8 Å². The van der Waals surface area contributed by atoms with Crippen molar-refractivity contribution in [3.63, 3.8) is 0 Å². The minimum Gasteiger partial charge on any atom is -0.506 e. The van der Waals surface area contributed by atoms with Crippen LogP contribution in [0.15, 0.2) is 36.4 Å². The first kappa shape index (κ1) is 18.5. The highest BCUT2D eigenvalue weighted by atomic mass is 16.5. The van der Waals surface area contributed by atoms with Crippen LogP contribution >= 0.6 is 0 Å². The highest BCUT2D eigenvalue weighted by molar-refractivity contribution is 6.04. The number of carbonyl (C=O) groups is 2. The van der Waals surface area contributed by atoms with Gasteiger partial charge in [-0.25, -0.2) is 4.79 Å². The standard InChI is InChI=1S/C24H27NO4/c1-29-23(28)21(24-11-14-8-15(12-24)10-16(9-14)13-24)25-22(27)19-7-6-17-4-2-3-5-18(17)20(19)26/h2-7,14-16,21,26H,8-13H2,1H3,(H,25,27)/t14?,15?,16?,21-,24?/m1/s1. The Labute approximate surface area is 170 Å². The average molecular weight is 393 g/mol. The van der Waals surface area contributed by atoms with Gasteiger partial charge in [-0.3, -0.25) is 4.79 Å². The molecule has 0 saturated heterocycles. The Bertz CT molecular complexity index is 947. The SMILES string of the molecule is COC(=O)[C@@H](NC(=O)c1ccc2ccccc2c1O)C12CC3CC(CC(C3)C1)C2. The van der Waals surface area contributed by atoms with E-state index in [1.165, 1.54) is 26.4 Å². The maximum Gasteiger partial charge on any atom is 0.328 e. The summed E-state index contributed by atoms with van der Waals surface area (Å²) in [7, 11) is 1.38. The summed E-state index contributed by atoms with van der Waals surface area (Å²) in [6.07, 6.45) is 6.69. The molecule has 152 valence electrons. The lowest BCUT2D eigenvalue weighted by atomic mass is 9.47. The summed E-state index contributed by atoms with van der Waals surface area (Å²) in [5, 5.41) is 15.2. The van der Waals surface area contributed by atoms with Crippen LogP contribution in [-0.4, -0.2) is 30.1 Å². The quantitative estimate of drug-likeness (QED) is 0.769. The number of aromatic hydroxyl groups is 1. The number of nitrogens with one attached hydrogen (secondary N) is 1. The Balaban J connectivity index is 1.47. The van der Waals surface area contributed by atoms with Gasteiger partial charge in [-0.05, 0) is 67.7 Å². The molecule has 2 aromatic rings. The van der Waals surface area contributed by atoms with E-state index in [0.29, 0.717) is 23.1 Å². The molecule has 5 nitrogen and oxygen atoms in total. The van der Waals surface area contributed by atoms with Crippen LogP contribution in [0.2, 0.25) is 0 Å². The van der Waals surface area contributed by atoms with E-state index in [9.17, 15) is 14.7 Å². The topological polar surface area (TPSA) is 75.6 Å². The number of phenols is 1. The molecular weight excluding hydrogens is 366 g/mol. The second-order valence-corrected chi connectivity index (χ2v) is 9.39. The van der Waals surface area contributed by atoms with Crippen LogP contribution in [0.25, 0.3) is 10.8 Å². The first-order valence-electron chi connectivity index (χ1n) is 10.6. The number of ether oxygens (including phenoxy) is 1. The summed E-state index contributed by atoms with van der Waals surface area (Å²) in [5.41, 5.74) is -0.0217. The lowest BCUT2D eigenvalue weighted by Crippen LogP contribution is -2.60. The lowest BCUT2D eigenvalue weighted by molar-refractivity contribution is -0.154. The normalized spacial score (nSPS) is 30.9. The summed E-state index contributed by atoms with van der Waals surface area (Å²) in [6.45, 7) is 0. The number of rotatable bonds is 4. The molecule has 29 heavy (non-hydrogen) atoms. The number of phenolic OH excluding ortho intramolecular Hbond substituents is 1. The predicted octanol–water partition coefficient (Wildman–Crippen LogP) is 4.03. The predicted molar refractivity (Wildman–Crippen MR) is 109 cm³/mol. The number of hydrogen-bond donors (Lipinski definition) is 2. The van der Waals surface area contributed by atoms with Crippen LogP contribution in [-0.2, 0) is 9.53 Å². The Hall–Kier alpha value is -2.56. The van der Waals surface area contributed by atoms with Gasteiger partial charge in [-0.1, -0.05) is 30.3 Å². The zero-order valence-corrected chi connectivity index (χ0v) is 16.7. The molecule has 0 spiro atoms. The molecular formula is C24H27NO4. The Morgan fingerprint density at radius 1 is 1.03 bits per heavy atom. The summed E-state index contributed by atoms with van der Waals surface area (Å²) < 4.78 is 5.12. The molecule has 6 rings (SSSR count). The van der Waals surface area contributed by atoms with Gasteiger partial charge in [0.2, 0.25) is 0 Å². The average Bonchev–Trinajstić information content (AvgIpc) is 2.70. The molecule has 4 aliphatic carbocycles. The highest BCUT2D eigenvalue weighted by Gasteiger charge is 2.56. The summed E-state index contributed by atoms with van der Waals surface area (Å²) in [5.74, 6) is 1.12. The van der Waals surface area contributed by atoms with E-state index in [-0.39, 0.29) is 22.7 Å². The molecule has 4 aliphatic rings. The summed E-state index contributed by atoms with van der Waals surface area (Å²) in [6, 6.07) is 10.2. The Morgan fingerprint density at radius 2 is 1.66 bits per heavy atom. The van der Waals surface area contributed by atoms with Crippen LogP contribution in [0.3, 0.4) is 0 Å². The van der Waals surface area contributed by atoms with Crippen molar-refractivity contribution in [1.82, 2.24) is 5.32 Å². The van der Waals surface area contributed by atoms with E-state index in [2.05, 4.69) is 5.32 Å². The second-order valence-electron chi connectivity index (χ2n) is 9.39. The third-order valence-electron chi connectivity index (χ3n) is 7.56. The van der Waals surface area contributed by atoms with E-state index < -0.39 is 11.9 Å². The van der Waals surface area contributed by atoms with E-state index in [1.54, 1.807) is 12.1 Å². The first-order valence-corrected chi connectivity index (χ1v) is 10.6. The third-order valence-corrected chi connectivity index (χ3v) is 7.56. The van der Waals surface area contributed by atoms with E-state index >= 15 is 0 Å². The van der Waals surface area contributed by atoms with Gasteiger partial charge in [0.25, 0.3) is 5.91 Å². The van der Waals surface area contributed by atoms with Gasteiger partial charge in [0.15, 0.2) is 0 Å². The molecule has 2 N–H and O–H groups in total. The molecule has 4 saturated carbocycles. The maximum absolute atomic E-state index is 13.2. The minimum absolute atomic E-state index is 0.0465. The molecule has 0 unspecified atom stereocenters. The zero-order valence-electron chi connectivity index (χ0n) is 16.7. The van der Waals surface area contributed by atoms with Crippen molar-refractivity contribution in [2.45, 2.75) is 44.6 Å². The number of fused-ring (bicyclic) bond motifs is 1. The number of benzene rings is 2. The Morgan fingerprint density at radius 3 is 2.28 bits per heavy atom.